The Kier molecular flexibility index (Phi) is 3.56. The van der Waals surface area contributed by atoms with E-state index in [1.807, 2.05) is 0 Å². The zero-order chi connectivity index (χ0) is 11.4. The molecular weight excluding hydrogens is 206 g/mol. The molecule has 0 aliphatic carbocycles. The summed E-state index contributed by atoms with van der Waals surface area (Å²) in [5, 5.41) is 7.25. The van der Waals surface area contributed by atoms with Gasteiger partial charge in [-0.25, -0.2) is 0 Å². The lowest BCUT2D eigenvalue weighted by molar-refractivity contribution is 0.114. The zero-order valence-corrected chi connectivity index (χ0v) is 9.95. The van der Waals surface area contributed by atoms with Crippen molar-refractivity contribution in [3.05, 3.63) is 11.7 Å². The van der Waals surface area contributed by atoms with Gasteiger partial charge in [-0.2, -0.15) is 4.98 Å². The first-order valence-corrected chi connectivity index (χ1v) is 5.86. The summed E-state index contributed by atoms with van der Waals surface area (Å²) in [7, 11) is 0. The first-order chi connectivity index (χ1) is 7.74. The Morgan fingerprint density at radius 1 is 1.56 bits per heavy atom. The van der Waals surface area contributed by atoms with Gasteiger partial charge in [0.15, 0.2) is 5.82 Å². The summed E-state index contributed by atoms with van der Waals surface area (Å²) in [4.78, 5) is 4.39. The topological polar surface area (TPSA) is 60.2 Å². The van der Waals surface area contributed by atoms with Gasteiger partial charge in [0.1, 0.15) is 6.61 Å². The van der Waals surface area contributed by atoms with Crippen LogP contribution >= 0.6 is 0 Å². The molecule has 2 rings (SSSR count). The Balaban J connectivity index is 1.96. The van der Waals surface area contributed by atoms with Gasteiger partial charge in [0.2, 0.25) is 5.89 Å². The molecule has 90 valence electrons. The Hall–Kier alpha value is -0.940. The van der Waals surface area contributed by atoms with Crippen LogP contribution in [0.2, 0.25) is 0 Å². The molecule has 16 heavy (non-hydrogen) atoms. The summed E-state index contributed by atoms with van der Waals surface area (Å²) < 4.78 is 10.7. The normalized spacial score (nSPS) is 25.1. The summed E-state index contributed by atoms with van der Waals surface area (Å²) in [6.45, 7) is 7.33. The van der Waals surface area contributed by atoms with Crippen molar-refractivity contribution in [1.82, 2.24) is 15.5 Å². The van der Waals surface area contributed by atoms with Crippen LogP contribution in [0, 0.1) is 0 Å². The third-order valence-electron chi connectivity index (χ3n) is 2.93. The van der Waals surface area contributed by atoms with Gasteiger partial charge in [-0.05, 0) is 26.3 Å². The zero-order valence-electron chi connectivity index (χ0n) is 9.95. The fraction of sp³-hybridized carbons (Fsp3) is 0.818. The molecule has 1 fully saturated rings. The first kappa shape index (κ1) is 11.5. The molecule has 1 atom stereocenters. The molecule has 1 N–H and O–H groups in total. The van der Waals surface area contributed by atoms with E-state index in [1.165, 1.54) is 0 Å². The number of aromatic nitrogens is 2. The molecule has 1 aromatic rings. The van der Waals surface area contributed by atoms with E-state index in [9.17, 15) is 0 Å². The molecule has 0 bridgehead atoms. The van der Waals surface area contributed by atoms with Crippen molar-refractivity contribution in [3.8, 4) is 0 Å². The van der Waals surface area contributed by atoms with Crippen molar-refractivity contribution in [2.45, 2.75) is 38.7 Å². The van der Waals surface area contributed by atoms with Crippen molar-refractivity contribution in [3.63, 3.8) is 0 Å². The van der Waals surface area contributed by atoms with Crippen LogP contribution in [0.3, 0.4) is 0 Å². The molecule has 5 heteroatoms. The maximum absolute atomic E-state index is 5.38. The smallest absolute Gasteiger partial charge is 0.234 e. The second-order valence-electron chi connectivity index (χ2n) is 4.56. The number of hydrogen-bond donors (Lipinski definition) is 1. The quantitative estimate of drug-likeness (QED) is 0.764. The van der Waals surface area contributed by atoms with E-state index in [-0.39, 0.29) is 5.41 Å². The Labute approximate surface area is 95.6 Å². The van der Waals surface area contributed by atoms with Crippen LogP contribution < -0.4 is 5.32 Å². The molecule has 0 spiro atoms. The standard InChI is InChI=1S/C11H19N3O2/c1-3-6-15-7-9-13-10(16-14-9)11(2)4-5-12-8-11/h12H,3-8H2,1-2H3. The molecule has 1 unspecified atom stereocenters. The highest BCUT2D eigenvalue weighted by Gasteiger charge is 2.36. The van der Waals surface area contributed by atoms with Gasteiger partial charge in [-0.1, -0.05) is 12.1 Å². The molecule has 1 saturated heterocycles. The van der Waals surface area contributed by atoms with E-state index < -0.39 is 0 Å². The maximum atomic E-state index is 5.38. The molecule has 0 radical (unpaired) electrons. The highest BCUT2D eigenvalue weighted by atomic mass is 16.5. The molecule has 0 aromatic carbocycles. The van der Waals surface area contributed by atoms with Gasteiger partial charge in [0.25, 0.3) is 0 Å². The molecular formula is C11H19N3O2. The average Bonchev–Trinajstić information content (AvgIpc) is 2.88. The fourth-order valence-electron chi connectivity index (χ4n) is 1.87. The maximum Gasteiger partial charge on any atom is 0.234 e. The van der Waals surface area contributed by atoms with Gasteiger partial charge in [-0.15, -0.1) is 0 Å². The van der Waals surface area contributed by atoms with E-state index in [0.29, 0.717) is 12.4 Å². The SMILES string of the molecule is CCCOCc1noc(C2(C)CCNC2)n1. The predicted molar refractivity (Wildman–Crippen MR) is 59.1 cm³/mol. The number of nitrogens with zero attached hydrogens (tertiary/aromatic N) is 2. The molecule has 0 amide bonds. The lowest BCUT2D eigenvalue weighted by Crippen LogP contribution is -2.25. The van der Waals surface area contributed by atoms with Crippen LogP contribution in [0.5, 0.6) is 0 Å². The predicted octanol–water partition coefficient (Wildman–Crippen LogP) is 1.25. The lowest BCUT2D eigenvalue weighted by atomic mass is 9.90. The highest BCUT2D eigenvalue weighted by molar-refractivity contribution is 5.07. The molecule has 5 nitrogen and oxygen atoms in total. The monoisotopic (exact) mass is 225 g/mol. The van der Waals surface area contributed by atoms with Crippen molar-refractivity contribution in [2.24, 2.45) is 0 Å². The summed E-state index contributed by atoms with van der Waals surface area (Å²) >= 11 is 0. The highest BCUT2D eigenvalue weighted by Crippen LogP contribution is 2.28. The van der Waals surface area contributed by atoms with Crippen molar-refractivity contribution < 1.29 is 9.26 Å². The number of ether oxygens (including phenoxy) is 1. The second-order valence-corrected chi connectivity index (χ2v) is 4.56. The van der Waals surface area contributed by atoms with Gasteiger partial charge < -0.3 is 14.6 Å². The van der Waals surface area contributed by atoms with Crippen molar-refractivity contribution in [1.29, 1.82) is 0 Å². The van der Waals surface area contributed by atoms with Crippen LogP contribution in [-0.2, 0) is 16.8 Å². The van der Waals surface area contributed by atoms with Crippen molar-refractivity contribution >= 4 is 0 Å². The Bertz CT molecular complexity index is 332. The summed E-state index contributed by atoms with van der Waals surface area (Å²) in [6.07, 6.45) is 2.05. The number of rotatable bonds is 5. The third-order valence-corrected chi connectivity index (χ3v) is 2.93. The number of nitrogens with one attached hydrogen (secondary N) is 1. The molecule has 1 aliphatic heterocycles. The van der Waals surface area contributed by atoms with Gasteiger partial charge in [-0.3, -0.25) is 0 Å². The summed E-state index contributed by atoms with van der Waals surface area (Å²) in [5.41, 5.74) is -0.00396. The minimum atomic E-state index is -0.00396. The van der Waals surface area contributed by atoms with E-state index in [4.69, 9.17) is 9.26 Å². The first-order valence-electron chi connectivity index (χ1n) is 5.86. The van der Waals surface area contributed by atoms with Crippen LogP contribution in [0.15, 0.2) is 4.52 Å². The van der Waals surface area contributed by atoms with E-state index in [2.05, 4.69) is 29.3 Å². The fourth-order valence-corrected chi connectivity index (χ4v) is 1.87. The Morgan fingerprint density at radius 3 is 3.12 bits per heavy atom. The molecule has 1 aliphatic rings. The molecule has 0 saturated carbocycles. The average molecular weight is 225 g/mol. The Morgan fingerprint density at radius 2 is 2.44 bits per heavy atom. The van der Waals surface area contributed by atoms with Crippen LogP contribution in [0.1, 0.15) is 38.4 Å². The van der Waals surface area contributed by atoms with E-state index in [0.717, 1.165) is 38.4 Å². The van der Waals surface area contributed by atoms with Crippen LogP contribution in [-0.4, -0.2) is 29.8 Å². The second kappa shape index (κ2) is 4.93. The number of hydrogen-bond acceptors (Lipinski definition) is 5. The van der Waals surface area contributed by atoms with Gasteiger partial charge in [0.05, 0.1) is 5.41 Å². The van der Waals surface area contributed by atoms with Crippen LogP contribution in [0.25, 0.3) is 0 Å². The van der Waals surface area contributed by atoms with E-state index in [1.54, 1.807) is 0 Å². The van der Waals surface area contributed by atoms with Crippen molar-refractivity contribution in [2.75, 3.05) is 19.7 Å². The largest absolute Gasteiger partial charge is 0.373 e. The minimum absolute atomic E-state index is 0.00396. The minimum Gasteiger partial charge on any atom is -0.373 e. The van der Waals surface area contributed by atoms with Crippen LogP contribution in [0.4, 0.5) is 0 Å². The molecule has 1 aromatic heterocycles. The lowest BCUT2D eigenvalue weighted by Gasteiger charge is -2.15. The molecule has 2 heterocycles. The summed E-state index contributed by atoms with van der Waals surface area (Å²) in [6, 6.07) is 0. The van der Waals surface area contributed by atoms with Gasteiger partial charge in [0, 0.05) is 13.2 Å². The summed E-state index contributed by atoms with van der Waals surface area (Å²) in [5.74, 6) is 1.38. The van der Waals surface area contributed by atoms with Gasteiger partial charge >= 0.3 is 0 Å². The van der Waals surface area contributed by atoms with E-state index >= 15 is 0 Å². The third kappa shape index (κ3) is 2.41.